The van der Waals surface area contributed by atoms with Crippen molar-refractivity contribution in [2.45, 2.75) is 53.4 Å². The average molecular weight is 222 g/mol. The van der Waals surface area contributed by atoms with Crippen molar-refractivity contribution in [3.05, 3.63) is 11.6 Å². The molecule has 1 unspecified atom stereocenters. The van der Waals surface area contributed by atoms with Gasteiger partial charge in [0.2, 0.25) is 0 Å². The Balaban J connectivity index is 2.39. The predicted molar refractivity (Wildman–Crippen MR) is 68.2 cm³/mol. The van der Waals surface area contributed by atoms with Crippen LogP contribution >= 0.6 is 0 Å². The normalized spacial score (nSPS) is 42.4. The molecule has 0 aliphatic heterocycles. The van der Waals surface area contributed by atoms with E-state index in [1.165, 1.54) is 31.3 Å². The zero-order valence-corrected chi connectivity index (χ0v) is 11.2. The van der Waals surface area contributed by atoms with Crippen LogP contribution in [-0.4, -0.2) is 11.7 Å². The highest BCUT2D eigenvalue weighted by molar-refractivity contribution is 5.18. The molecule has 1 fully saturated rings. The topological polar surface area (TPSA) is 20.2 Å². The van der Waals surface area contributed by atoms with E-state index in [2.05, 4.69) is 33.8 Å². The number of allylic oxidation sites excluding steroid dienone is 1. The van der Waals surface area contributed by atoms with Crippen LogP contribution in [0.4, 0.5) is 0 Å². The van der Waals surface area contributed by atoms with Gasteiger partial charge in [0.15, 0.2) is 0 Å². The summed E-state index contributed by atoms with van der Waals surface area (Å²) in [5.41, 5.74) is 2.19. The highest BCUT2D eigenvalue weighted by Crippen LogP contribution is 2.59. The quantitative estimate of drug-likeness (QED) is 0.669. The SMILES string of the molecule is CC1=CC[C@H]2C(C)(C)CCC[C@]2(C)C1CO. The van der Waals surface area contributed by atoms with E-state index in [9.17, 15) is 5.11 Å². The molecule has 1 saturated carbocycles. The van der Waals surface area contributed by atoms with E-state index in [0.29, 0.717) is 23.4 Å². The zero-order valence-electron chi connectivity index (χ0n) is 11.2. The fraction of sp³-hybridized carbons (Fsp3) is 0.867. The van der Waals surface area contributed by atoms with E-state index < -0.39 is 0 Å². The van der Waals surface area contributed by atoms with Crippen molar-refractivity contribution in [1.29, 1.82) is 0 Å². The average Bonchev–Trinajstić information content (AvgIpc) is 2.15. The highest BCUT2D eigenvalue weighted by atomic mass is 16.3. The molecule has 0 aromatic carbocycles. The molecule has 1 heteroatoms. The summed E-state index contributed by atoms with van der Waals surface area (Å²) in [6.07, 6.45) is 7.55. The second-order valence-electron chi connectivity index (χ2n) is 6.82. The number of hydrogen-bond acceptors (Lipinski definition) is 1. The first kappa shape index (κ1) is 12.2. The summed E-state index contributed by atoms with van der Waals surface area (Å²) in [4.78, 5) is 0. The van der Waals surface area contributed by atoms with Gasteiger partial charge in [0.05, 0.1) is 6.61 Å². The molecule has 2 aliphatic rings. The van der Waals surface area contributed by atoms with E-state index >= 15 is 0 Å². The predicted octanol–water partition coefficient (Wildman–Crippen LogP) is 3.78. The molecule has 0 aromatic rings. The Morgan fingerprint density at radius 3 is 2.62 bits per heavy atom. The smallest absolute Gasteiger partial charge is 0.0501 e. The van der Waals surface area contributed by atoms with Crippen LogP contribution in [0.15, 0.2) is 11.6 Å². The Kier molecular flexibility index (Phi) is 2.94. The van der Waals surface area contributed by atoms with Gasteiger partial charge in [-0.05, 0) is 42.9 Å². The third kappa shape index (κ3) is 1.64. The Labute approximate surface area is 99.9 Å². The van der Waals surface area contributed by atoms with Crippen molar-refractivity contribution in [2.24, 2.45) is 22.7 Å². The summed E-state index contributed by atoms with van der Waals surface area (Å²) in [7, 11) is 0. The Bertz CT molecular complexity index is 303. The monoisotopic (exact) mass is 222 g/mol. The first-order valence-electron chi connectivity index (χ1n) is 6.69. The van der Waals surface area contributed by atoms with Crippen LogP contribution in [-0.2, 0) is 0 Å². The summed E-state index contributed by atoms with van der Waals surface area (Å²) in [5.74, 6) is 1.14. The first-order chi connectivity index (χ1) is 7.42. The lowest BCUT2D eigenvalue weighted by molar-refractivity contribution is -0.0509. The van der Waals surface area contributed by atoms with Crippen molar-refractivity contribution >= 4 is 0 Å². The molecule has 92 valence electrons. The van der Waals surface area contributed by atoms with E-state index in [0.717, 1.165) is 5.92 Å². The minimum Gasteiger partial charge on any atom is -0.396 e. The second-order valence-corrected chi connectivity index (χ2v) is 6.82. The minimum atomic E-state index is 0.325. The third-order valence-electron chi connectivity index (χ3n) is 5.48. The molecule has 1 N–H and O–H groups in total. The maximum atomic E-state index is 9.69. The van der Waals surface area contributed by atoms with Gasteiger partial charge in [-0.3, -0.25) is 0 Å². The van der Waals surface area contributed by atoms with E-state index in [1.54, 1.807) is 0 Å². The molecule has 0 aromatic heterocycles. The van der Waals surface area contributed by atoms with Crippen LogP contribution in [0.25, 0.3) is 0 Å². The molecule has 16 heavy (non-hydrogen) atoms. The van der Waals surface area contributed by atoms with Gasteiger partial charge in [0.25, 0.3) is 0 Å². The lowest BCUT2D eigenvalue weighted by Gasteiger charge is -2.56. The van der Waals surface area contributed by atoms with Crippen LogP contribution in [0.3, 0.4) is 0 Å². The second kappa shape index (κ2) is 3.87. The van der Waals surface area contributed by atoms with Crippen molar-refractivity contribution in [3.63, 3.8) is 0 Å². The maximum absolute atomic E-state index is 9.69. The highest BCUT2D eigenvalue weighted by Gasteiger charge is 2.51. The molecule has 1 nitrogen and oxygen atoms in total. The third-order valence-corrected chi connectivity index (χ3v) is 5.48. The van der Waals surface area contributed by atoms with Crippen LogP contribution < -0.4 is 0 Å². The molecule has 2 rings (SSSR count). The zero-order chi connectivity index (χ0) is 12.0. The molecule has 0 amide bonds. The molecule has 3 atom stereocenters. The van der Waals surface area contributed by atoms with Gasteiger partial charge in [-0.15, -0.1) is 0 Å². The standard InChI is InChI=1S/C15H26O/c1-11-6-7-13-14(2,3)8-5-9-15(13,4)12(11)10-16/h6,12-13,16H,5,7-10H2,1-4H3/t12?,13-,15+/m0/s1. The van der Waals surface area contributed by atoms with E-state index in [-0.39, 0.29) is 0 Å². The molecule has 0 spiro atoms. The number of fused-ring (bicyclic) bond motifs is 1. The minimum absolute atomic E-state index is 0.325. The fourth-order valence-corrected chi connectivity index (χ4v) is 4.49. The lowest BCUT2D eigenvalue weighted by atomic mass is 9.49. The molecule has 2 aliphatic carbocycles. The number of aliphatic hydroxyl groups is 1. The first-order valence-corrected chi connectivity index (χ1v) is 6.69. The van der Waals surface area contributed by atoms with Gasteiger partial charge in [-0.25, -0.2) is 0 Å². The summed E-state index contributed by atoms with van der Waals surface area (Å²) in [6.45, 7) is 9.77. The molecular weight excluding hydrogens is 196 g/mol. The Morgan fingerprint density at radius 1 is 1.31 bits per heavy atom. The number of aliphatic hydroxyl groups excluding tert-OH is 1. The van der Waals surface area contributed by atoms with Gasteiger partial charge in [0.1, 0.15) is 0 Å². The molecular formula is C15H26O. The van der Waals surface area contributed by atoms with E-state index in [4.69, 9.17) is 0 Å². The Morgan fingerprint density at radius 2 is 2.00 bits per heavy atom. The van der Waals surface area contributed by atoms with Crippen molar-refractivity contribution in [1.82, 2.24) is 0 Å². The Hall–Kier alpha value is -0.300. The number of rotatable bonds is 1. The number of hydrogen-bond donors (Lipinski definition) is 1. The van der Waals surface area contributed by atoms with Gasteiger partial charge < -0.3 is 5.11 Å². The van der Waals surface area contributed by atoms with Gasteiger partial charge in [-0.1, -0.05) is 38.8 Å². The summed E-state index contributed by atoms with van der Waals surface area (Å²) < 4.78 is 0. The maximum Gasteiger partial charge on any atom is 0.0501 e. The molecule has 0 saturated heterocycles. The van der Waals surface area contributed by atoms with Crippen LogP contribution in [0.1, 0.15) is 53.4 Å². The van der Waals surface area contributed by atoms with Crippen molar-refractivity contribution in [3.8, 4) is 0 Å². The summed E-state index contributed by atoms with van der Waals surface area (Å²) in [6, 6.07) is 0. The van der Waals surface area contributed by atoms with Crippen LogP contribution in [0.5, 0.6) is 0 Å². The van der Waals surface area contributed by atoms with Gasteiger partial charge >= 0.3 is 0 Å². The van der Waals surface area contributed by atoms with Crippen LogP contribution in [0, 0.1) is 22.7 Å². The lowest BCUT2D eigenvalue weighted by Crippen LogP contribution is -2.49. The van der Waals surface area contributed by atoms with Gasteiger partial charge in [0, 0.05) is 5.92 Å². The summed E-state index contributed by atoms with van der Waals surface area (Å²) >= 11 is 0. The molecule has 0 radical (unpaired) electrons. The van der Waals surface area contributed by atoms with E-state index in [1.807, 2.05) is 0 Å². The summed E-state index contributed by atoms with van der Waals surface area (Å²) in [5, 5.41) is 9.69. The van der Waals surface area contributed by atoms with Crippen molar-refractivity contribution in [2.75, 3.05) is 6.61 Å². The van der Waals surface area contributed by atoms with Crippen molar-refractivity contribution < 1.29 is 5.11 Å². The van der Waals surface area contributed by atoms with Crippen LogP contribution in [0.2, 0.25) is 0 Å². The van der Waals surface area contributed by atoms with Gasteiger partial charge in [-0.2, -0.15) is 0 Å². The largest absolute Gasteiger partial charge is 0.396 e. The molecule has 0 bridgehead atoms. The molecule has 0 heterocycles. The fourth-order valence-electron chi connectivity index (χ4n) is 4.49.